The standard InChI is InChI=1S/C23H26N2O3S/c26-23(24-15-14-17-8-4-6-12-20(17)24)22-16-18-9-5-7-13-21(18)25(22)29(27,28)19-10-2-1-3-11-19/h1-4,6,8,10-12,18,21-22H,5,7,9,13-16H2/t18-,21-,22+/m1/s1. The molecule has 2 aromatic carbocycles. The van der Waals surface area contributed by atoms with E-state index in [1.54, 1.807) is 28.6 Å². The van der Waals surface area contributed by atoms with Crippen molar-refractivity contribution in [3.63, 3.8) is 0 Å². The van der Waals surface area contributed by atoms with Crippen molar-refractivity contribution >= 4 is 21.6 Å². The molecule has 2 fully saturated rings. The van der Waals surface area contributed by atoms with Crippen LogP contribution in [0.4, 0.5) is 5.69 Å². The van der Waals surface area contributed by atoms with Gasteiger partial charge in [0.2, 0.25) is 15.9 Å². The van der Waals surface area contributed by atoms with Crippen LogP contribution in [0.5, 0.6) is 0 Å². The Morgan fingerprint density at radius 1 is 0.931 bits per heavy atom. The fourth-order valence-electron chi connectivity index (χ4n) is 5.44. The smallest absolute Gasteiger partial charge is 0.245 e. The van der Waals surface area contributed by atoms with E-state index in [9.17, 15) is 13.2 Å². The third kappa shape index (κ3) is 3.09. The number of hydrogen-bond acceptors (Lipinski definition) is 3. The van der Waals surface area contributed by atoms with Crippen LogP contribution in [0.25, 0.3) is 0 Å². The van der Waals surface area contributed by atoms with Gasteiger partial charge in [-0.2, -0.15) is 4.31 Å². The number of rotatable bonds is 3. The van der Waals surface area contributed by atoms with Crippen molar-refractivity contribution in [2.75, 3.05) is 11.4 Å². The van der Waals surface area contributed by atoms with Crippen molar-refractivity contribution in [3.05, 3.63) is 60.2 Å². The number of carbonyl (C=O) groups excluding carboxylic acids is 1. The molecule has 1 saturated carbocycles. The van der Waals surface area contributed by atoms with Crippen LogP contribution in [0.15, 0.2) is 59.5 Å². The van der Waals surface area contributed by atoms with Gasteiger partial charge in [0.15, 0.2) is 0 Å². The first-order valence-corrected chi connectivity index (χ1v) is 12.0. The Morgan fingerprint density at radius 2 is 1.66 bits per heavy atom. The topological polar surface area (TPSA) is 57.7 Å². The fraction of sp³-hybridized carbons (Fsp3) is 0.435. The van der Waals surface area contributed by atoms with E-state index in [0.717, 1.165) is 43.4 Å². The molecular formula is C23H26N2O3S. The number of sulfonamides is 1. The van der Waals surface area contributed by atoms with Crippen LogP contribution in [0, 0.1) is 5.92 Å². The Hall–Kier alpha value is -2.18. The molecule has 29 heavy (non-hydrogen) atoms. The molecule has 2 aromatic rings. The van der Waals surface area contributed by atoms with Gasteiger partial charge in [0.1, 0.15) is 6.04 Å². The molecule has 0 spiro atoms. The molecule has 0 bridgehead atoms. The lowest BCUT2D eigenvalue weighted by Crippen LogP contribution is -2.50. The Balaban J connectivity index is 1.53. The van der Waals surface area contributed by atoms with Gasteiger partial charge in [-0.05, 0) is 55.4 Å². The van der Waals surface area contributed by atoms with Gasteiger partial charge in [-0.3, -0.25) is 4.79 Å². The minimum absolute atomic E-state index is 0.0659. The average molecular weight is 411 g/mol. The molecule has 0 aromatic heterocycles. The third-order valence-corrected chi connectivity index (χ3v) is 8.73. The Bertz CT molecular complexity index is 1020. The molecule has 2 heterocycles. The molecule has 3 aliphatic rings. The normalized spacial score (nSPS) is 26.9. The van der Waals surface area contributed by atoms with Crippen molar-refractivity contribution in [1.82, 2.24) is 4.31 Å². The average Bonchev–Trinajstić information content (AvgIpc) is 3.36. The molecule has 3 atom stereocenters. The second kappa shape index (κ2) is 7.26. The zero-order chi connectivity index (χ0) is 20.0. The van der Waals surface area contributed by atoms with E-state index in [2.05, 4.69) is 6.07 Å². The van der Waals surface area contributed by atoms with Gasteiger partial charge in [-0.25, -0.2) is 8.42 Å². The van der Waals surface area contributed by atoms with E-state index < -0.39 is 16.1 Å². The Kier molecular flexibility index (Phi) is 4.71. The zero-order valence-electron chi connectivity index (χ0n) is 16.4. The van der Waals surface area contributed by atoms with E-state index >= 15 is 0 Å². The maximum absolute atomic E-state index is 13.7. The van der Waals surface area contributed by atoms with Crippen LogP contribution < -0.4 is 4.90 Å². The number of anilines is 1. The zero-order valence-corrected chi connectivity index (χ0v) is 17.2. The van der Waals surface area contributed by atoms with E-state index in [1.165, 1.54) is 0 Å². The minimum atomic E-state index is -3.72. The number of amides is 1. The molecule has 5 nitrogen and oxygen atoms in total. The fourth-order valence-corrected chi connectivity index (χ4v) is 7.33. The molecule has 6 heteroatoms. The van der Waals surface area contributed by atoms with Gasteiger partial charge in [0, 0.05) is 18.3 Å². The van der Waals surface area contributed by atoms with Crippen LogP contribution >= 0.6 is 0 Å². The first-order chi connectivity index (χ1) is 14.1. The van der Waals surface area contributed by atoms with E-state index in [4.69, 9.17) is 0 Å². The summed E-state index contributed by atoms with van der Waals surface area (Å²) in [4.78, 5) is 15.8. The first kappa shape index (κ1) is 18.8. The molecule has 1 saturated heterocycles. The van der Waals surface area contributed by atoms with Gasteiger partial charge in [-0.1, -0.05) is 49.2 Å². The molecule has 1 amide bonds. The van der Waals surface area contributed by atoms with Gasteiger partial charge < -0.3 is 4.90 Å². The largest absolute Gasteiger partial charge is 0.310 e. The van der Waals surface area contributed by atoms with Crippen molar-refractivity contribution < 1.29 is 13.2 Å². The van der Waals surface area contributed by atoms with Crippen LogP contribution in [-0.2, 0) is 21.2 Å². The summed E-state index contributed by atoms with van der Waals surface area (Å²) in [5.41, 5.74) is 2.10. The Morgan fingerprint density at radius 3 is 2.48 bits per heavy atom. The van der Waals surface area contributed by atoms with Crippen molar-refractivity contribution in [3.8, 4) is 0 Å². The minimum Gasteiger partial charge on any atom is -0.310 e. The van der Waals surface area contributed by atoms with Crippen LogP contribution in [0.3, 0.4) is 0 Å². The summed E-state index contributed by atoms with van der Waals surface area (Å²) in [6.07, 6.45) is 5.45. The lowest BCUT2D eigenvalue weighted by Gasteiger charge is -2.33. The van der Waals surface area contributed by atoms with E-state index in [-0.39, 0.29) is 22.8 Å². The monoisotopic (exact) mass is 410 g/mol. The number of nitrogens with zero attached hydrogens (tertiary/aromatic N) is 2. The van der Waals surface area contributed by atoms with Gasteiger partial charge in [-0.15, -0.1) is 0 Å². The van der Waals surface area contributed by atoms with Gasteiger partial charge >= 0.3 is 0 Å². The van der Waals surface area contributed by atoms with E-state index in [0.29, 0.717) is 13.0 Å². The van der Waals surface area contributed by atoms with Crippen LogP contribution in [0.2, 0.25) is 0 Å². The molecule has 0 unspecified atom stereocenters. The predicted octanol–water partition coefficient (Wildman–Crippen LogP) is 3.60. The summed E-state index contributed by atoms with van der Waals surface area (Å²) in [7, 11) is -3.72. The number of fused-ring (bicyclic) bond motifs is 2. The summed E-state index contributed by atoms with van der Waals surface area (Å²) in [5.74, 6) is 0.206. The molecule has 5 rings (SSSR count). The van der Waals surface area contributed by atoms with Crippen molar-refractivity contribution in [1.29, 1.82) is 0 Å². The highest BCUT2D eigenvalue weighted by Crippen LogP contribution is 2.44. The van der Waals surface area contributed by atoms with Crippen LogP contribution in [-0.4, -0.2) is 37.3 Å². The lowest BCUT2D eigenvalue weighted by molar-refractivity contribution is -0.121. The number of para-hydroxylation sites is 1. The molecular weight excluding hydrogens is 384 g/mol. The summed E-state index contributed by atoms with van der Waals surface area (Å²) >= 11 is 0. The summed E-state index contributed by atoms with van der Waals surface area (Å²) in [6.45, 7) is 0.628. The number of hydrogen-bond donors (Lipinski definition) is 0. The highest BCUT2D eigenvalue weighted by atomic mass is 32.2. The molecule has 152 valence electrons. The lowest BCUT2D eigenvalue weighted by atomic mass is 9.85. The van der Waals surface area contributed by atoms with Gasteiger partial charge in [0.25, 0.3) is 0 Å². The summed E-state index contributed by atoms with van der Waals surface area (Å²) in [6, 6.07) is 15.9. The maximum atomic E-state index is 13.7. The second-order valence-corrected chi connectivity index (χ2v) is 10.2. The summed E-state index contributed by atoms with van der Waals surface area (Å²) < 4.78 is 28.8. The molecule has 0 radical (unpaired) electrons. The van der Waals surface area contributed by atoms with Crippen molar-refractivity contribution in [2.24, 2.45) is 5.92 Å². The third-order valence-electron chi connectivity index (χ3n) is 6.79. The second-order valence-electron chi connectivity index (χ2n) is 8.38. The molecule has 0 N–H and O–H groups in total. The Labute approximate surface area is 172 Å². The predicted molar refractivity (Wildman–Crippen MR) is 112 cm³/mol. The molecule has 1 aliphatic carbocycles. The first-order valence-electron chi connectivity index (χ1n) is 10.6. The quantitative estimate of drug-likeness (QED) is 0.777. The number of benzene rings is 2. The summed E-state index contributed by atoms with van der Waals surface area (Å²) in [5, 5.41) is 0. The highest BCUT2D eigenvalue weighted by Gasteiger charge is 2.52. The van der Waals surface area contributed by atoms with Crippen molar-refractivity contribution in [2.45, 2.75) is 55.5 Å². The molecule has 2 aliphatic heterocycles. The SMILES string of the molecule is O=C([C@@H]1C[C@H]2CCCC[C@H]2N1S(=O)(=O)c1ccccc1)N1CCc2ccccc21. The maximum Gasteiger partial charge on any atom is 0.245 e. The van der Waals surface area contributed by atoms with Crippen LogP contribution in [0.1, 0.15) is 37.7 Å². The number of carbonyl (C=O) groups is 1. The van der Waals surface area contributed by atoms with E-state index in [1.807, 2.05) is 29.2 Å². The highest BCUT2D eigenvalue weighted by molar-refractivity contribution is 7.89. The van der Waals surface area contributed by atoms with Gasteiger partial charge in [0.05, 0.1) is 4.90 Å².